The van der Waals surface area contributed by atoms with Crippen LogP contribution in [0.15, 0.2) is 47.0 Å². The Morgan fingerprint density at radius 1 is 1.04 bits per heavy atom. The van der Waals surface area contributed by atoms with Crippen molar-refractivity contribution in [3.8, 4) is 11.4 Å². The molecule has 0 spiro atoms. The summed E-state index contributed by atoms with van der Waals surface area (Å²) in [6, 6.07) is 14.2. The second kappa shape index (κ2) is 7.95. The maximum atomic E-state index is 12.1. The van der Waals surface area contributed by atoms with Gasteiger partial charge in [0.25, 0.3) is 0 Å². The summed E-state index contributed by atoms with van der Waals surface area (Å²) >= 11 is 0. The second-order valence-corrected chi connectivity index (χ2v) is 6.52. The molecule has 26 heavy (non-hydrogen) atoms. The molecule has 1 N–H and O–H groups in total. The van der Waals surface area contributed by atoms with Crippen LogP contribution in [0.5, 0.6) is 0 Å². The standard InChI is InChI=1S/C21H23N3O2/c1-14-8-9-17(12-16(14)3)10-11-19(25)22-13-20-23-21(24-26-20)18-7-5-4-6-15(18)2/h4-9,12H,10-11,13H2,1-3H3,(H,22,25). The average Bonchev–Trinajstić information content (AvgIpc) is 3.10. The zero-order chi connectivity index (χ0) is 18.5. The van der Waals surface area contributed by atoms with E-state index in [1.165, 1.54) is 16.7 Å². The van der Waals surface area contributed by atoms with Gasteiger partial charge in [-0.15, -0.1) is 0 Å². The van der Waals surface area contributed by atoms with E-state index in [1.807, 2.05) is 31.2 Å². The summed E-state index contributed by atoms with van der Waals surface area (Å²) in [6.07, 6.45) is 1.15. The third-order valence-electron chi connectivity index (χ3n) is 4.50. The zero-order valence-corrected chi connectivity index (χ0v) is 15.4. The lowest BCUT2D eigenvalue weighted by molar-refractivity contribution is -0.121. The fourth-order valence-corrected chi connectivity index (χ4v) is 2.74. The quantitative estimate of drug-likeness (QED) is 0.732. The van der Waals surface area contributed by atoms with E-state index in [9.17, 15) is 4.79 Å². The summed E-state index contributed by atoms with van der Waals surface area (Å²) < 4.78 is 5.24. The molecule has 5 nitrogen and oxygen atoms in total. The van der Waals surface area contributed by atoms with E-state index >= 15 is 0 Å². The molecular formula is C21H23N3O2. The maximum absolute atomic E-state index is 12.1. The van der Waals surface area contributed by atoms with Crippen molar-refractivity contribution in [3.63, 3.8) is 0 Å². The molecule has 0 aliphatic rings. The van der Waals surface area contributed by atoms with Gasteiger partial charge in [-0.05, 0) is 49.4 Å². The molecule has 0 saturated heterocycles. The van der Waals surface area contributed by atoms with Crippen molar-refractivity contribution >= 4 is 5.91 Å². The summed E-state index contributed by atoms with van der Waals surface area (Å²) in [7, 11) is 0. The highest BCUT2D eigenvalue weighted by atomic mass is 16.5. The van der Waals surface area contributed by atoms with Crippen LogP contribution >= 0.6 is 0 Å². The predicted octanol–water partition coefficient (Wildman–Crippen LogP) is 3.91. The van der Waals surface area contributed by atoms with Crippen molar-refractivity contribution in [2.45, 2.75) is 40.2 Å². The van der Waals surface area contributed by atoms with Crippen LogP contribution in [-0.2, 0) is 17.8 Å². The maximum Gasteiger partial charge on any atom is 0.246 e. The molecule has 0 fully saturated rings. The number of rotatable bonds is 6. The smallest absolute Gasteiger partial charge is 0.246 e. The van der Waals surface area contributed by atoms with Crippen LogP contribution < -0.4 is 5.32 Å². The van der Waals surface area contributed by atoms with Gasteiger partial charge >= 0.3 is 0 Å². The van der Waals surface area contributed by atoms with Gasteiger partial charge in [-0.2, -0.15) is 4.98 Å². The van der Waals surface area contributed by atoms with E-state index in [1.54, 1.807) is 0 Å². The summed E-state index contributed by atoms with van der Waals surface area (Å²) in [4.78, 5) is 16.4. The number of nitrogens with one attached hydrogen (secondary N) is 1. The topological polar surface area (TPSA) is 68.0 Å². The van der Waals surface area contributed by atoms with Gasteiger partial charge in [0.15, 0.2) is 0 Å². The minimum atomic E-state index is -0.0288. The van der Waals surface area contributed by atoms with Crippen molar-refractivity contribution in [2.24, 2.45) is 0 Å². The highest BCUT2D eigenvalue weighted by molar-refractivity contribution is 5.76. The van der Waals surface area contributed by atoms with E-state index in [0.29, 0.717) is 24.6 Å². The fourth-order valence-electron chi connectivity index (χ4n) is 2.74. The molecule has 0 aliphatic heterocycles. The average molecular weight is 349 g/mol. The Bertz CT molecular complexity index is 915. The number of amides is 1. The van der Waals surface area contributed by atoms with Crippen LogP contribution in [-0.4, -0.2) is 16.0 Å². The third kappa shape index (κ3) is 4.36. The molecule has 134 valence electrons. The summed E-state index contributed by atoms with van der Waals surface area (Å²) in [5.41, 5.74) is 5.69. The lowest BCUT2D eigenvalue weighted by Crippen LogP contribution is -2.23. The van der Waals surface area contributed by atoms with E-state index in [-0.39, 0.29) is 12.5 Å². The molecule has 5 heteroatoms. The van der Waals surface area contributed by atoms with Crippen molar-refractivity contribution in [1.82, 2.24) is 15.5 Å². The Balaban J connectivity index is 1.52. The Kier molecular flexibility index (Phi) is 5.46. The van der Waals surface area contributed by atoms with E-state index in [4.69, 9.17) is 4.52 Å². The van der Waals surface area contributed by atoms with Gasteiger partial charge in [-0.25, -0.2) is 0 Å². The van der Waals surface area contributed by atoms with Crippen molar-refractivity contribution < 1.29 is 9.32 Å². The normalized spacial score (nSPS) is 10.7. The van der Waals surface area contributed by atoms with Crippen LogP contribution in [0, 0.1) is 20.8 Å². The number of carbonyl (C=O) groups is 1. The molecule has 1 aromatic heterocycles. The SMILES string of the molecule is Cc1ccc(CCC(=O)NCc2nc(-c3ccccc3C)no2)cc1C. The highest BCUT2D eigenvalue weighted by Gasteiger charge is 2.11. The number of hydrogen-bond acceptors (Lipinski definition) is 4. The first kappa shape index (κ1) is 17.9. The van der Waals surface area contributed by atoms with Gasteiger partial charge in [-0.3, -0.25) is 4.79 Å². The largest absolute Gasteiger partial charge is 0.347 e. The number of aryl methyl sites for hydroxylation is 4. The molecule has 0 radical (unpaired) electrons. The van der Waals surface area contributed by atoms with Crippen LogP contribution in [0.2, 0.25) is 0 Å². The molecule has 0 unspecified atom stereocenters. The molecule has 3 rings (SSSR count). The van der Waals surface area contributed by atoms with E-state index < -0.39 is 0 Å². The third-order valence-corrected chi connectivity index (χ3v) is 4.50. The van der Waals surface area contributed by atoms with E-state index in [0.717, 1.165) is 11.1 Å². The summed E-state index contributed by atoms with van der Waals surface area (Å²) in [5.74, 6) is 0.920. The molecule has 0 bridgehead atoms. The molecule has 0 atom stereocenters. The Labute approximate surface area is 153 Å². The van der Waals surface area contributed by atoms with Gasteiger partial charge in [-0.1, -0.05) is 47.6 Å². The highest BCUT2D eigenvalue weighted by Crippen LogP contribution is 2.19. The van der Waals surface area contributed by atoms with Gasteiger partial charge in [0.1, 0.15) is 0 Å². The van der Waals surface area contributed by atoms with Gasteiger partial charge in [0.05, 0.1) is 6.54 Å². The van der Waals surface area contributed by atoms with Gasteiger partial charge < -0.3 is 9.84 Å². The van der Waals surface area contributed by atoms with Crippen molar-refractivity contribution in [3.05, 3.63) is 70.6 Å². The summed E-state index contributed by atoms with van der Waals surface area (Å²) in [5, 5.41) is 6.84. The lowest BCUT2D eigenvalue weighted by Gasteiger charge is -2.05. The Morgan fingerprint density at radius 3 is 2.62 bits per heavy atom. The van der Waals surface area contributed by atoms with E-state index in [2.05, 4.69) is 47.5 Å². The number of nitrogens with zero attached hydrogens (tertiary/aromatic N) is 2. The zero-order valence-electron chi connectivity index (χ0n) is 15.4. The minimum absolute atomic E-state index is 0.0288. The van der Waals surface area contributed by atoms with Gasteiger partial charge in [0.2, 0.25) is 17.6 Å². The lowest BCUT2D eigenvalue weighted by atomic mass is 10.0. The molecule has 1 amide bonds. The van der Waals surface area contributed by atoms with Gasteiger partial charge in [0, 0.05) is 12.0 Å². The molecule has 2 aromatic carbocycles. The molecule has 3 aromatic rings. The van der Waals surface area contributed by atoms with Crippen LogP contribution in [0.3, 0.4) is 0 Å². The first-order chi connectivity index (χ1) is 12.5. The monoisotopic (exact) mass is 349 g/mol. The van der Waals surface area contributed by atoms with Crippen LogP contribution in [0.4, 0.5) is 0 Å². The van der Waals surface area contributed by atoms with Crippen LogP contribution in [0.25, 0.3) is 11.4 Å². The van der Waals surface area contributed by atoms with Crippen molar-refractivity contribution in [2.75, 3.05) is 0 Å². The second-order valence-electron chi connectivity index (χ2n) is 6.52. The Hall–Kier alpha value is -2.95. The number of carbonyl (C=O) groups excluding carboxylic acids is 1. The molecular weight excluding hydrogens is 326 g/mol. The first-order valence-corrected chi connectivity index (χ1v) is 8.74. The molecule has 1 heterocycles. The predicted molar refractivity (Wildman–Crippen MR) is 101 cm³/mol. The summed E-state index contributed by atoms with van der Waals surface area (Å²) in [6.45, 7) is 6.41. The molecule has 0 aliphatic carbocycles. The number of aromatic nitrogens is 2. The molecule has 0 saturated carbocycles. The van der Waals surface area contributed by atoms with Crippen molar-refractivity contribution in [1.29, 1.82) is 0 Å². The number of hydrogen-bond donors (Lipinski definition) is 1. The number of benzene rings is 2. The first-order valence-electron chi connectivity index (χ1n) is 8.74. The minimum Gasteiger partial charge on any atom is -0.347 e. The fraction of sp³-hybridized carbons (Fsp3) is 0.286. The Morgan fingerprint density at radius 2 is 1.85 bits per heavy atom. The van der Waals surface area contributed by atoms with Crippen LogP contribution in [0.1, 0.15) is 34.6 Å².